The second-order valence-corrected chi connectivity index (χ2v) is 6.84. The average molecular weight is 413 g/mol. The summed E-state index contributed by atoms with van der Waals surface area (Å²) >= 11 is 0. The van der Waals surface area contributed by atoms with E-state index in [9.17, 15) is 20.1 Å². The Bertz CT molecular complexity index is 1190. The van der Waals surface area contributed by atoms with E-state index in [0.717, 1.165) is 0 Å². The lowest BCUT2D eigenvalue weighted by Crippen LogP contribution is -2.22. The van der Waals surface area contributed by atoms with Crippen LogP contribution >= 0.6 is 0 Å². The van der Waals surface area contributed by atoms with Crippen molar-refractivity contribution in [2.75, 3.05) is 10.6 Å². The van der Waals surface area contributed by atoms with Crippen LogP contribution in [0.5, 0.6) is 17.2 Å². The van der Waals surface area contributed by atoms with Crippen LogP contribution in [0.3, 0.4) is 0 Å². The van der Waals surface area contributed by atoms with Crippen molar-refractivity contribution >= 4 is 28.6 Å². The molecule has 0 radical (unpaired) electrons. The van der Waals surface area contributed by atoms with Gasteiger partial charge < -0.3 is 26.0 Å². The summed E-state index contributed by atoms with van der Waals surface area (Å²) < 4.78 is 0. The molecule has 0 unspecified atom stereocenters. The molecule has 1 aliphatic carbocycles. The molecule has 0 atom stereocenters. The summed E-state index contributed by atoms with van der Waals surface area (Å²) in [7, 11) is 0. The van der Waals surface area contributed by atoms with Crippen molar-refractivity contribution in [1.82, 2.24) is 0 Å². The van der Waals surface area contributed by atoms with Crippen LogP contribution in [0.15, 0.2) is 101 Å². The first-order valence-electron chi connectivity index (χ1n) is 9.44. The molecular formula is C24H19N3O4. The summed E-state index contributed by atoms with van der Waals surface area (Å²) in [6, 6.07) is 19.2. The smallest absolute Gasteiger partial charge is 0.204 e. The van der Waals surface area contributed by atoms with Gasteiger partial charge >= 0.3 is 0 Å². The lowest BCUT2D eigenvalue weighted by molar-refractivity contribution is -0.111. The molecule has 0 saturated carbocycles. The fraction of sp³-hybridized carbons (Fsp3) is 0. The van der Waals surface area contributed by atoms with Crippen molar-refractivity contribution in [2.24, 2.45) is 4.99 Å². The number of phenols is 3. The molecule has 0 heterocycles. The summed E-state index contributed by atoms with van der Waals surface area (Å²) in [5.74, 6) is 0.145. The molecule has 3 aromatic carbocycles. The second-order valence-electron chi connectivity index (χ2n) is 6.84. The summed E-state index contributed by atoms with van der Waals surface area (Å²) in [5.41, 5.74) is 3.23. The highest BCUT2D eigenvalue weighted by Gasteiger charge is 2.20. The molecule has 4 rings (SSSR count). The van der Waals surface area contributed by atoms with Gasteiger partial charge in [0.1, 0.15) is 17.2 Å². The summed E-state index contributed by atoms with van der Waals surface area (Å²) in [6.45, 7) is 0. The van der Waals surface area contributed by atoms with Crippen molar-refractivity contribution in [3.05, 3.63) is 96.3 Å². The molecule has 3 aromatic rings. The molecule has 154 valence electrons. The van der Waals surface area contributed by atoms with E-state index < -0.39 is 0 Å². The molecule has 0 amide bonds. The Morgan fingerprint density at radius 2 is 1.03 bits per heavy atom. The van der Waals surface area contributed by atoms with Gasteiger partial charge in [0.2, 0.25) is 5.78 Å². The number of hydrogen-bond donors (Lipinski definition) is 5. The number of benzene rings is 3. The van der Waals surface area contributed by atoms with Gasteiger partial charge in [-0.2, -0.15) is 0 Å². The Morgan fingerprint density at radius 1 is 0.581 bits per heavy atom. The predicted molar refractivity (Wildman–Crippen MR) is 120 cm³/mol. The lowest BCUT2D eigenvalue weighted by atomic mass is 10.0. The number of anilines is 2. The molecule has 7 nitrogen and oxygen atoms in total. The Hall–Kier alpha value is -4.52. The maximum atomic E-state index is 12.7. The minimum absolute atomic E-state index is 0.129. The zero-order valence-corrected chi connectivity index (χ0v) is 16.3. The van der Waals surface area contributed by atoms with E-state index in [4.69, 9.17) is 0 Å². The van der Waals surface area contributed by atoms with Gasteiger partial charge in [0.15, 0.2) is 0 Å². The number of ketones is 1. The third-order valence-corrected chi connectivity index (χ3v) is 4.49. The molecule has 0 bridgehead atoms. The van der Waals surface area contributed by atoms with Gasteiger partial charge in [0.05, 0.1) is 22.8 Å². The zero-order chi connectivity index (χ0) is 21.8. The first-order chi connectivity index (χ1) is 15.0. The molecular weight excluding hydrogens is 394 g/mol. The van der Waals surface area contributed by atoms with Gasteiger partial charge in [-0.25, -0.2) is 4.99 Å². The molecule has 31 heavy (non-hydrogen) atoms. The van der Waals surface area contributed by atoms with E-state index in [2.05, 4.69) is 15.6 Å². The minimum atomic E-state index is -0.251. The second kappa shape index (κ2) is 8.46. The van der Waals surface area contributed by atoms with E-state index in [-0.39, 0.29) is 23.0 Å². The molecule has 0 aromatic heterocycles. The van der Waals surface area contributed by atoms with Crippen molar-refractivity contribution in [3.8, 4) is 17.2 Å². The summed E-state index contributed by atoms with van der Waals surface area (Å²) in [5, 5.41) is 34.7. The number of phenolic OH excluding ortho intramolecular Hbond substituents is 3. The highest BCUT2D eigenvalue weighted by atomic mass is 16.3. The van der Waals surface area contributed by atoms with Crippen LogP contribution in [-0.4, -0.2) is 26.8 Å². The standard InChI is InChI=1S/C24H19N3O4/c28-18-7-1-15(2-8-18)25-21-13-23(27-17-5-11-20(30)12-6-17)24(31)14-22(21)26-16-3-9-19(29)10-4-16/h1-14,26-30H/b25-21+. The number of rotatable bonds is 5. The van der Waals surface area contributed by atoms with E-state index in [1.165, 1.54) is 42.5 Å². The molecule has 7 heteroatoms. The largest absolute Gasteiger partial charge is 0.508 e. The van der Waals surface area contributed by atoms with Gasteiger partial charge in [-0.3, -0.25) is 4.79 Å². The number of aliphatic imine (C=N–C) groups is 1. The third kappa shape index (κ3) is 4.91. The molecule has 1 aliphatic rings. The van der Waals surface area contributed by atoms with Crippen molar-refractivity contribution in [2.45, 2.75) is 0 Å². The van der Waals surface area contributed by atoms with Crippen molar-refractivity contribution < 1.29 is 20.1 Å². The highest BCUT2D eigenvalue weighted by molar-refractivity contribution is 6.24. The minimum Gasteiger partial charge on any atom is -0.508 e. The zero-order valence-electron chi connectivity index (χ0n) is 16.3. The predicted octanol–water partition coefficient (Wildman–Crippen LogP) is 4.45. The Kier molecular flexibility index (Phi) is 5.40. The number of carbonyl (C=O) groups excluding carboxylic acids is 1. The fourth-order valence-electron chi connectivity index (χ4n) is 2.93. The molecule has 0 saturated heterocycles. The van der Waals surface area contributed by atoms with E-state index in [0.29, 0.717) is 34.2 Å². The molecule has 5 N–H and O–H groups in total. The SMILES string of the molecule is O=C1C=C(Nc2ccc(O)cc2)/C(=N/c2ccc(O)cc2)C=C1Nc1ccc(O)cc1. The van der Waals surface area contributed by atoms with Gasteiger partial charge in [-0.1, -0.05) is 0 Å². The van der Waals surface area contributed by atoms with Crippen LogP contribution in [0.2, 0.25) is 0 Å². The van der Waals surface area contributed by atoms with Crippen LogP contribution in [-0.2, 0) is 4.79 Å². The first-order valence-corrected chi connectivity index (χ1v) is 9.44. The Balaban J connectivity index is 1.68. The number of carbonyl (C=O) groups is 1. The number of allylic oxidation sites excluding steroid dienone is 2. The van der Waals surface area contributed by atoms with E-state index >= 15 is 0 Å². The van der Waals surface area contributed by atoms with Crippen LogP contribution in [0, 0.1) is 0 Å². The van der Waals surface area contributed by atoms with Crippen molar-refractivity contribution in [3.63, 3.8) is 0 Å². The van der Waals surface area contributed by atoms with Gasteiger partial charge in [0, 0.05) is 17.5 Å². The van der Waals surface area contributed by atoms with Crippen LogP contribution in [0.4, 0.5) is 17.1 Å². The normalized spacial score (nSPS) is 14.7. The Labute approximate surface area is 178 Å². The van der Waals surface area contributed by atoms with Gasteiger partial charge in [-0.05, 0) is 78.9 Å². The quantitative estimate of drug-likeness (QED) is 0.312. The number of nitrogens with one attached hydrogen (secondary N) is 2. The van der Waals surface area contributed by atoms with Crippen LogP contribution in [0.1, 0.15) is 0 Å². The number of aromatic hydroxyl groups is 3. The molecule has 0 fully saturated rings. The summed E-state index contributed by atoms with van der Waals surface area (Å²) in [4.78, 5) is 17.3. The number of nitrogens with zero attached hydrogens (tertiary/aromatic N) is 1. The van der Waals surface area contributed by atoms with E-state index in [1.54, 1.807) is 42.5 Å². The monoisotopic (exact) mass is 413 g/mol. The van der Waals surface area contributed by atoms with Crippen molar-refractivity contribution in [1.29, 1.82) is 0 Å². The van der Waals surface area contributed by atoms with Gasteiger partial charge in [0.25, 0.3) is 0 Å². The maximum Gasteiger partial charge on any atom is 0.204 e. The van der Waals surface area contributed by atoms with Gasteiger partial charge in [-0.15, -0.1) is 0 Å². The topological polar surface area (TPSA) is 114 Å². The first kappa shape index (κ1) is 19.8. The number of hydrogen-bond acceptors (Lipinski definition) is 7. The molecule has 0 aliphatic heterocycles. The lowest BCUT2D eigenvalue weighted by Gasteiger charge is -2.18. The summed E-state index contributed by atoms with van der Waals surface area (Å²) in [6.07, 6.45) is 3.07. The molecule has 0 spiro atoms. The highest BCUT2D eigenvalue weighted by Crippen LogP contribution is 2.24. The Morgan fingerprint density at radius 3 is 1.55 bits per heavy atom. The van der Waals surface area contributed by atoms with Crippen LogP contribution < -0.4 is 10.6 Å². The van der Waals surface area contributed by atoms with E-state index in [1.807, 2.05) is 0 Å². The third-order valence-electron chi connectivity index (χ3n) is 4.49. The van der Waals surface area contributed by atoms with Crippen LogP contribution in [0.25, 0.3) is 0 Å². The maximum absolute atomic E-state index is 12.7. The average Bonchev–Trinajstić information content (AvgIpc) is 2.76. The fourth-order valence-corrected chi connectivity index (χ4v) is 2.93.